The first-order valence-electron chi connectivity index (χ1n) is 6.74. The summed E-state index contributed by atoms with van der Waals surface area (Å²) in [7, 11) is 0. The molecule has 2 heterocycles. The SMILES string of the molecule is Cc1c2c(cc3sc4c(Cl)nccc4c13)CCCC2. The molecule has 0 aliphatic heterocycles. The van der Waals surface area contributed by atoms with Gasteiger partial charge in [0.1, 0.15) is 5.15 Å². The average Bonchev–Trinajstić information content (AvgIpc) is 2.79. The molecule has 0 atom stereocenters. The van der Waals surface area contributed by atoms with Crippen LogP contribution in [0.15, 0.2) is 18.3 Å². The van der Waals surface area contributed by atoms with Gasteiger partial charge in [-0.15, -0.1) is 11.3 Å². The largest absolute Gasteiger partial charge is 0.243 e. The molecule has 1 aliphatic carbocycles. The molecular formula is C16H14ClNS. The molecule has 0 fully saturated rings. The standard InChI is InChI=1S/C16H14ClNS/c1-9-11-5-3-2-4-10(11)8-13-14(9)12-6-7-18-16(17)15(12)19-13/h6-8H,2-5H2,1H3. The van der Waals surface area contributed by atoms with Crippen LogP contribution in [0.25, 0.3) is 20.2 Å². The lowest BCUT2D eigenvalue weighted by atomic mass is 9.87. The van der Waals surface area contributed by atoms with Crippen LogP contribution in [0.5, 0.6) is 0 Å². The Labute approximate surface area is 121 Å². The van der Waals surface area contributed by atoms with Crippen molar-refractivity contribution in [2.24, 2.45) is 0 Å². The highest BCUT2D eigenvalue weighted by molar-refractivity contribution is 7.26. The predicted molar refractivity (Wildman–Crippen MR) is 83.5 cm³/mol. The van der Waals surface area contributed by atoms with Crippen molar-refractivity contribution in [2.45, 2.75) is 32.6 Å². The number of benzene rings is 1. The van der Waals surface area contributed by atoms with E-state index in [0.717, 1.165) is 4.70 Å². The second-order valence-corrected chi connectivity index (χ2v) is 6.71. The van der Waals surface area contributed by atoms with E-state index in [4.69, 9.17) is 11.6 Å². The first kappa shape index (κ1) is 11.7. The average molecular weight is 288 g/mol. The first-order chi connectivity index (χ1) is 9.25. The number of aryl methyl sites for hydroxylation is 2. The molecule has 3 heteroatoms. The third-order valence-electron chi connectivity index (χ3n) is 4.23. The van der Waals surface area contributed by atoms with E-state index in [1.54, 1.807) is 22.5 Å². The van der Waals surface area contributed by atoms with Crippen molar-refractivity contribution >= 4 is 43.1 Å². The lowest BCUT2D eigenvalue weighted by Crippen LogP contribution is -2.04. The molecule has 3 aromatic rings. The number of pyridine rings is 1. The normalized spacial score (nSPS) is 15.1. The van der Waals surface area contributed by atoms with E-state index in [2.05, 4.69) is 24.0 Å². The minimum absolute atomic E-state index is 0.635. The van der Waals surface area contributed by atoms with Gasteiger partial charge in [0, 0.05) is 21.7 Å². The van der Waals surface area contributed by atoms with Gasteiger partial charge in [0.05, 0.1) is 4.70 Å². The predicted octanol–water partition coefficient (Wildman–Crippen LogP) is 5.29. The molecular weight excluding hydrogens is 274 g/mol. The third kappa shape index (κ3) is 1.63. The highest BCUT2D eigenvalue weighted by Crippen LogP contribution is 2.41. The molecule has 1 aliphatic rings. The number of hydrogen-bond acceptors (Lipinski definition) is 2. The molecule has 96 valence electrons. The molecule has 19 heavy (non-hydrogen) atoms. The highest BCUT2D eigenvalue weighted by Gasteiger charge is 2.18. The Morgan fingerprint density at radius 2 is 2.11 bits per heavy atom. The number of rotatable bonds is 0. The topological polar surface area (TPSA) is 12.9 Å². The van der Waals surface area contributed by atoms with E-state index < -0.39 is 0 Å². The van der Waals surface area contributed by atoms with Gasteiger partial charge < -0.3 is 0 Å². The van der Waals surface area contributed by atoms with E-state index in [1.165, 1.54) is 46.7 Å². The summed E-state index contributed by atoms with van der Waals surface area (Å²) in [5.74, 6) is 0. The summed E-state index contributed by atoms with van der Waals surface area (Å²) >= 11 is 8.02. The zero-order valence-corrected chi connectivity index (χ0v) is 12.4. The molecule has 0 N–H and O–H groups in total. The van der Waals surface area contributed by atoms with E-state index >= 15 is 0 Å². The number of thiophene rings is 1. The van der Waals surface area contributed by atoms with Gasteiger partial charge in [0.2, 0.25) is 0 Å². The van der Waals surface area contributed by atoms with Gasteiger partial charge in [-0.05, 0) is 61.4 Å². The van der Waals surface area contributed by atoms with Gasteiger partial charge in [-0.25, -0.2) is 4.98 Å². The fourth-order valence-electron chi connectivity index (χ4n) is 3.32. The second kappa shape index (κ2) is 4.19. The van der Waals surface area contributed by atoms with Crippen LogP contribution in [0.1, 0.15) is 29.5 Å². The van der Waals surface area contributed by atoms with Crippen LogP contribution in [-0.2, 0) is 12.8 Å². The van der Waals surface area contributed by atoms with Crippen molar-refractivity contribution in [3.63, 3.8) is 0 Å². The minimum atomic E-state index is 0.635. The van der Waals surface area contributed by atoms with Crippen molar-refractivity contribution in [1.29, 1.82) is 0 Å². The minimum Gasteiger partial charge on any atom is -0.243 e. The Bertz CT molecular complexity index is 803. The van der Waals surface area contributed by atoms with Gasteiger partial charge in [0.25, 0.3) is 0 Å². The molecule has 1 nitrogen and oxygen atoms in total. The summed E-state index contributed by atoms with van der Waals surface area (Å²) in [4.78, 5) is 4.21. The van der Waals surface area contributed by atoms with E-state index in [-0.39, 0.29) is 0 Å². The fourth-order valence-corrected chi connectivity index (χ4v) is 4.80. The maximum atomic E-state index is 6.24. The Kier molecular flexibility index (Phi) is 2.58. The highest BCUT2D eigenvalue weighted by atomic mass is 35.5. The quantitative estimate of drug-likeness (QED) is 0.512. The molecule has 0 spiro atoms. The molecule has 0 unspecified atom stereocenters. The van der Waals surface area contributed by atoms with Crippen LogP contribution in [0.4, 0.5) is 0 Å². The van der Waals surface area contributed by atoms with Crippen LogP contribution in [0, 0.1) is 6.92 Å². The van der Waals surface area contributed by atoms with E-state index in [9.17, 15) is 0 Å². The van der Waals surface area contributed by atoms with Crippen LogP contribution < -0.4 is 0 Å². The summed E-state index contributed by atoms with van der Waals surface area (Å²) in [6, 6.07) is 4.49. The van der Waals surface area contributed by atoms with Crippen molar-refractivity contribution in [2.75, 3.05) is 0 Å². The Balaban J connectivity index is 2.19. The van der Waals surface area contributed by atoms with Gasteiger partial charge >= 0.3 is 0 Å². The van der Waals surface area contributed by atoms with Crippen molar-refractivity contribution in [1.82, 2.24) is 4.98 Å². The fraction of sp³-hybridized carbons (Fsp3) is 0.312. The Morgan fingerprint density at radius 1 is 1.26 bits per heavy atom. The van der Waals surface area contributed by atoms with Gasteiger partial charge in [-0.1, -0.05) is 11.6 Å². The number of nitrogens with zero attached hydrogens (tertiary/aromatic N) is 1. The Morgan fingerprint density at radius 3 is 3.00 bits per heavy atom. The number of hydrogen-bond donors (Lipinski definition) is 0. The molecule has 1 aromatic carbocycles. The van der Waals surface area contributed by atoms with Gasteiger partial charge in [-0.2, -0.15) is 0 Å². The third-order valence-corrected chi connectivity index (χ3v) is 5.79. The monoisotopic (exact) mass is 287 g/mol. The molecule has 2 aromatic heterocycles. The molecule has 0 bridgehead atoms. The number of fused-ring (bicyclic) bond motifs is 4. The maximum Gasteiger partial charge on any atom is 0.146 e. The van der Waals surface area contributed by atoms with Crippen molar-refractivity contribution < 1.29 is 0 Å². The summed E-state index contributed by atoms with van der Waals surface area (Å²) in [6.07, 6.45) is 6.92. The molecule has 0 saturated carbocycles. The molecule has 0 radical (unpaired) electrons. The van der Waals surface area contributed by atoms with Crippen LogP contribution >= 0.6 is 22.9 Å². The molecule has 0 saturated heterocycles. The molecule has 0 amide bonds. The molecule has 4 rings (SSSR count). The summed E-state index contributed by atoms with van der Waals surface area (Å²) in [5, 5.41) is 3.30. The van der Waals surface area contributed by atoms with Crippen molar-refractivity contribution in [3.8, 4) is 0 Å². The van der Waals surface area contributed by atoms with Crippen molar-refractivity contribution in [3.05, 3.63) is 40.2 Å². The number of aromatic nitrogens is 1. The first-order valence-corrected chi connectivity index (χ1v) is 7.93. The Hall–Kier alpha value is -1.12. The zero-order chi connectivity index (χ0) is 13.0. The number of halogens is 1. The van der Waals surface area contributed by atoms with Gasteiger partial charge in [-0.3, -0.25) is 0 Å². The maximum absolute atomic E-state index is 6.24. The summed E-state index contributed by atoms with van der Waals surface area (Å²) in [5.41, 5.74) is 4.58. The second-order valence-electron chi connectivity index (χ2n) is 5.30. The van der Waals surface area contributed by atoms with Crippen LogP contribution in [0.2, 0.25) is 5.15 Å². The van der Waals surface area contributed by atoms with Crippen LogP contribution in [0.3, 0.4) is 0 Å². The lowest BCUT2D eigenvalue weighted by molar-refractivity contribution is 0.684. The summed E-state index contributed by atoms with van der Waals surface area (Å²) in [6.45, 7) is 2.27. The van der Waals surface area contributed by atoms with E-state index in [1.807, 2.05) is 6.20 Å². The lowest BCUT2D eigenvalue weighted by Gasteiger charge is -2.18. The summed E-state index contributed by atoms with van der Waals surface area (Å²) < 4.78 is 2.49. The van der Waals surface area contributed by atoms with E-state index in [0.29, 0.717) is 5.15 Å². The van der Waals surface area contributed by atoms with Crippen LogP contribution in [-0.4, -0.2) is 4.98 Å². The smallest absolute Gasteiger partial charge is 0.146 e. The van der Waals surface area contributed by atoms with Gasteiger partial charge in [0.15, 0.2) is 0 Å². The zero-order valence-electron chi connectivity index (χ0n) is 10.8.